The minimum atomic E-state index is -0.313. The third kappa shape index (κ3) is 2.76. The molecule has 1 aromatic rings. The minimum Gasteiger partial charge on any atom is -0.374 e. The van der Waals surface area contributed by atoms with Gasteiger partial charge in [0.15, 0.2) is 0 Å². The Labute approximate surface area is 111 Å². The fourth-order valence-corrected chi connectivity index (χ4v) is 2.58. The summed E-state index contributed by atoms with van der Waals surface area (Å²) < 4.78 is 5.73. The average Bonchev–Trinajstić information content (AvgIpc) is 2.27. The van der Waals surface area contributed by atoms with Gasteiger partial charge in [0.2, 0.25) is 0 Å². The van der Waals surface area contributed by atoms with Gasteiger partial charge in [0.25, 0.3) is 0 Å². The topological polar surface area (TPSA) is 35.2 Å². The zero-order valence-electron chi connectivity index (χ0n) is 11.8. The minimum absolute atomic E-state index is 0.0760. The first kappa shape index (κ1) is 13.6. The molecule has 2 nitrogen and oxygen atoms in total. The first-order valence-corrected chi connectivity index (χ1v) is 7.04. The van der Waals surface area contributed by atoms with Crippen molar-refractivity contribution < 1.29 is 4.74 Å². The van der Waals surface area contributed by atoms with Crippen LogP contribution in [0.2, 0.25) is 0 Å². The molecule has 1 aliphatic carbocycles. The number of hydrogen-bond acceptors (Lipinski definition) is 2. The van der Waals surface area contributed by atoms with Crippen LogP contribution in [0.15, 0.2) is 24.3 Å². The molecule has 1 unspecified atom stereocenters. The Morgan fingerprint density at radius 1 is 1.28 bits per heavy atom. The van der Waals surface area contributed by atoms with Crippen molar-refractivity contribution in [3.8, 4) is 0 Å². The summed E-state index contributed by atoms with van der Waals surface area (Å²) in [7, 11) is 0. The van der Waals surface area contributed by atoms with E-state index in [4.69, 9.17) is 10.5 Å². The van der Waals surface area contributed by atoms with Gasteiger partial charge in [-0.1, -0.05) is 30.7 Å². The van der Waals surface area contributed by atoms with Crippen molar-refractivity contribution in [3.05, 3.63) is 35.4 Å². The Balaban J connectivity index is 2.08. The van der Waals surface area contributed by atoms with E-state index < -0.39 is 0 Å². The molecule has 0 aromatic heterocycles. The maximum absolute atomic E-state index is 6.31. The fourth-order valence-electron chi connectivity index (χ4n) is 2.58. The van der Waals surface area contributed by atoms with Gasteiger partial charge in [-0.05, 0) is 50.7 Å². The van der Waals surface area contributed by atoms with Crippen LogP contribution in [0, 0.1) is 0 Å². The molecule has 1 aliphatic rings. The van der Waals surface area contributed by atoms with E-state index >= 15 is 0 Å². The van der Waals surface area contributed by atoms with Crippen molar-refractivity contribution in [1.82, 2.24) is 0 Å². The van der Waals surface area contributed by atoms with Gasteiger partial charge in [0.05, 0.1) is 11.6 Å². The highest BCUT2D eigenvalue weighted by Crippen LogP contribution is 2.37. The Morgan fingerprint density at radius 3 is 2.33 bits per heavy atom. The second-order valence-electron chi connectivity index (χ2n) is 5.81. The van der Waals surface area contributed by atoms with Crippen molar-refractivity contribution in [2.24, 2.45) is 5.73 Å². The first-order chi connectivity index (χ1) is 8.54. The molecular weight excluding hydrogens is 222 g/mol. The van der Waals surface area contributed by atoms with Gasteiger partial charge in [0.1, 0.15) is 0 Å². The molecule has 2 N–H and O–H groups in total. The van der Waals surface area contributed by atoms with Crippen LogP contribution < -0.4 is 5.73 Å². The Hall–Kier alpha value is -0.860. The standard InChI is InChI=1S/C16H25NO/c1-4-18-16(2,3)15(17)14-10-8-13(9-11-14)12-6-5-7-12/h8-12,15H,4-7,17H2,1-3H3. The summed E-state index contributed by atoms with van der Waals surface area (Å²) in [5.41, 5.74) is 8.62. The van der Waals surface area contributed by atoms with Crippen LogP contribution in [0.1, 0.15) is 63.1 Å². The summed E-state index contributed by atoms with van der Waals surface area (Å²) in [4.78, 5) is 0. The van der Waals surface area contributed by atoms with Crippen molar-refractivity contribution in [2.45, 2.75) is 57.6 Å². The van der Waals surface area contributed by atoms with Crippen molar-refractivity contribution in [1.29, 1.82) is 0 Å². The van der Waals surface area contributed by atoms with E-state index in [1.54, 1.807) is 0 Å². The van der Waals surface area contributed by atoms with Crippen LogP contribution in [-0.4, -0.2) is 12.2 Å². The first-order valence-electron chi connectivity index (χ1n) is 7.04. The van der Waals surface area contributed by atoms with E-state index in [0.717, 1.165) is 11.5 Å². The molecule has 2 heteroatoms. The number of rotatable bonds is 5. The molecule has 2 rings (SSSR count). The van der Waals surface area contributed by atoms with Gasteiger partial charge < -0.3 is 10.5 Å². The SMILES string of the molecule is CCOC(C)(C)C(N)c1ccc(C2CCC2)cc1. The summed E-state index contributed by atoms with van der Waals surface area (Å²) >= 11 is 0. The maximum Gasteiger partial charge on any atom is 0.0818 e. The van der Waals surface area contributed by atoms with E-state index in [1.807, 2.05) is 6.92 Å². The van der Waals surface area contributed by atoms with E-state index in [0.29, 0.717) is 6.61 Å². The fraction of sp³-hybridized carbons (Fsp3) is 0.625. The summed E-state index contributed by atoms with van der Waals surface area (Å²) in [5, 5.41) is 0. The summed E-state index contributed by atoms with van der Waals surface area (Å²) in [5.74, 6) is 0.787. The zero-order valence-corrected chi connectivity index (χ0v) is 11.8. The molecule has 1 aromatic carbocycles. The van der Waals surface area contributed by atoms with Gasteiger partial charge in [-0.25, -0.2) is 0 Å². The molecule has 0 spiro atoms. The second kappa shape index (κ2) is 5.41. The van der Waals surface area contributed by atoms with Gasteiger partial charge in [-0.2, -0.15) is 0 Å². The number of ether oxygens (including phenoxy) is 1. The predicted octanol–water partition coefficient (Wildman–Crippen LogP) is 3.77. The lowest BCUT2D eigenvalue weighted by Crippen LogP contribution is -2.38. The highest BCUT2D eigenvalue weighted by atomic mass is 16.5. The molecule has 0 radical (unpaired) electrons. The van der Waals surface area contributed by atoms with Gasteiger partial charge in [-0.15, -0.1) is 0 Å². The quantitative estimate of drug-likeness (QED) is 0.859. The molecule has 0 aliphatic heterocycles. The Morgan fingerprint density at radius 2 is 1.89 bits per heavy atom. The van der Waals surface area contributed by atoms with Crippen molar-refractivity contribution in [3.63, 3.8) is 0 Å². The third-order valence-corrected chi connectivity index (χ3v) is 4.14. The van der Waals surface area contributed by atoms with Gasteiger partial charge >= 0.3 is 0 Å². The summed E-state index contributed by atoms with van der Waals surface area (Å²) in [6.07, 6.45) is 4.06. The zero-order chi connectivity index (χ0) is 13.2. The Bertz CT molecular complexity index is 379. The largest absolute Gasteiger partial charge is 0.374 e. The van der Waals surface area contributed by atoms with Crippen LogP contribution in [0.4, 0.5) is 0 Å². The second-order valence-corrected chi connectivity index (χ2v) is 5.81. The lowest BCUT2D eigenvalue weighted by atomic mass is 9.79. The van der Waals surface area contributed by atoms with E-state index in [-0.39, 0.29) is 11.6 Å². The third-order valence-electron chi connectivity index (χ3n) is 4.14. The molecular formula is C16H25NO. The molecule has 1 saturated carbocycles. The highest BCUT2D eigenvalue weighted by Gasteiger charge is 2.28. The number of nitrogens with two attached hydrogens (primary N) is 1. The van der Waals surface area contributed by atoms with Gasteiger partial charge in [0, 0.05) is 6.61 Å². The average molecular weight is 247 g/mol. The van der Waals surface area contributed by atoms with E-state index in [2.05, 4.69) is 38.1 Å². The summed E-state index contributed by atoms with van der Waals surface area (Å²) in [6.45, 7) is 6.82. The van der Waals surface area contributed by atoms with Crippen molar-refractivity contribution in [2.75, 3.05) is 6.61 Å². The number of hydrogen-bond donors (Lipinski definition) is 1. The molecule has 0 bridgehead atoms. The van der Waals surface area contributed by atoms with Gasteiger partial charge in [-0.3, -0.25) is 0 Å². The molecule has 1 fully saturated rings. The number of benzene rings is 1. The van der Waals surface area contributed by atoms with E-state index in [9.17, 15) is 0 Å². The maximum atomic E-state index is 6.31. The molecule has 100 valence electrons. The van der Waals surface area contributed by atoms with Crippen LogP contribution in [0.25, 0.3) is 0 Å². The van der Waals surface area contributed by atoms with Crippen LogP contribution in [0.3, 0.4) is 0 Å². The molecule has 0 heterocycles. The Kier molecular flexibility index (Phi) is 4.08. The predicted molar refractivity (Wildman–Crippen MR) is 75.7 cm³/mol. The summed E-state index contributed by atoms with van der Waals surface area (Å²) in [6, 6.07) is 8.73. The monoisotopic (exact) mass is 247 g/mol. The molecule has 18 heavy (non-hydrogen) atoms. The van der Waals surface area contributed by atoms with Crippen LogP contribution in [-0.2, 0) is 4.74 Å². The lowest BCUT2D eigenvalue weighted by molar-refractivity contribution is -0.0298. The van der Waals surface area contributed by atoms with Crippen molar-refractivity contribution >= 4 is 0 Å². The van der Waals surface area contributed by atoms with Crippen LogP contribution >= 0.6 is 0 Å². The molecule has 0 amide bonds. The molecule has 1 atom stereocenters. The van der Waals surface area contributed by atoms with Crippen LogP contribution in [0.5, 0.6) is 0 Å². The lowest BCUT2D eigenvalue weighted by Gasteiger charge is -2.32. The smallest absolute Gasteiger partial charge is 0.0818 e. The van der Waals surface area contributed by atoms with E-state index in [1.165, 1.54) is 24.8 Å². The molecule has 0 saturated heterocycles. The highest BCUT2D eigenvalue weighted by molar-refractivity contribution is 5.29. The normalized spacial score (nSPS) is 18.4.